The Labute approximate surface area is 160 Å². The Morgan fingerprint density at radius 3 is 2.57 bits per heavy atom. The molecule has 1 amide bonds. The number of anilines is 2. The van der Waals surface area contributed by atoms with Gasteiger partial charge < -0.3 is 15.2 Å². The number of hydrogen-bond acceptors (Lipinski definition) is 5. The van der Waals surface area contributed by atoms with Gasteiger partial charge in [-0.05, 0) is 50.8 Å². The number of alkyl halides is 2. The highest BCUT2D eigenvalue weighted by Crippen LogP contribution is 2.45. The van der Waals surface area contributed by atoms with Gasteiger partial charge in [-0.3, -0.25) is 19.3 Å². The molecule has 1 aromatic rings. The van der Waals surface area contributed by atoms with Crippen LogP contribution >= 0.6 is 0 Å². The highest BCUT2D eigenvalue weighted by molar-refractivity contribution is 6.08. The first-order valence-corrected chi connectivity index (χ1v) is 9.23. The molecular weight excluding hydrogens is 374 g/mol. The number of aliphatic carboxylic acids is 1. The van der Waals surface area contributed by atoms with Crippen LogP contribution in [-0.2, 0) is 25.0 Å². The van der Waals surface area contributed by atoms with Gasteiger partial charge in [0.15, 0.2) is 0 Å². The van der Waals surface area contributed by atoms with Crippen molar-refractivity contribution in [2.24, 2.45) is 5.92 Å². The maximum atomic E-state index is 14.5. The molecule has 3 rings (SSSR count). The van der Waals surface area contributed by atoms with Crippen molar-refractivity contribution in [2.75, 3.05) is 23.4 Å². The predicted octanol–water partition coefficient (Wildman–Crippen LogP) is 2.74. The number of hydrogen-bond donors (Lipinski definition) is 2. The summed E-state index contributed by atoms with van der Waals surface area (Å²) in [6, 6.07) is 4.17. The molecule has 152 valence electrons. The average molecular weight is 396 g/mol. The van der Waals surface area contributed by atoms with Crippen molar-refractivity contribution in [1.82, 2.24) is 0 Å². The zero-order valence-electron chi connectivity index (χ0n) is 15.4. The Hall–Kier alpha value is -2.71. The molecule has 1 aromatic carbocycles. The lowest BCUT2D eigenvalue weighted by Crippen LogP contribution is -2.38. The summed E-state index contributed by atoms with van der Waals surface area (Å²) < 4.78 is 33.7. The average Bonchev–Trinajstić information content (AvgIpc) is 2.83. The monoisotopic (exact) mass is 396 g/mol. The Kier molecular flexibility index (Phi) is 5.53. The summed E-state index contributed by atoms with van der Waals surface area (Å²) in [5, 5.41) is 12.2. The minimum atomic E-state index is -3.72. The van der Waals surface area contributed by atoms with Crippen LogP contribution in [0.3, 0.4) is 0 Å². The molecule has 0 unspecified atom stereocenters. The molecule has 0 aromatic heterocycles. The molecule has 2 aliphatic rings. The van der Waals surface area contributed by atoms with Crippen molar-refractivity contribution in [3.63, 3.8) is 0 Å². The number of nitrogens with zero attached hydrogens (tertiary/aromatic N) is 1. The lowest BCUT2D eigenvalue weighted by atomic mass is 9.86. The van der Waals surface area contributed by atoms with E-state index < -0.39 is 35.9 Å². The van der Waals surface area contributed by atoms with Gasteiger partial charge in [-0.1, -0.05) is 0 Å². The van der Waals surface area contributed by atoms with Crippen LogP contribution in [0.1, 0.15) is 38.2 Å². The molecule has 0 atom stereocenters. The first-order chi connectivity index (χ1) is 13.2. The third-order valence-electron chi connectivity index (χ3n) is 5.18. The number of ether oxygens (including phenoxy) is 1. The Morgan fingerprint density at radius 1 is 1.29 bits per heavy atom. The van der Waals surface area contributed by atoms with E-state index in [1.807, 2.05) is 0 Å². The topological polar surface area (TPSA) is 95.9 Å². The first kappa shape index (κ1) is 20.0. The molecule has 0 radical (unpaired) electrons. The smallest absolute Gasteiger partial charge is 0.352 e. The SMILES string of the molecule is CCOC(=O)CN1C(=O)C(F)(F)c2cc(NC3CCC(C(=O)O)CC3)ccc21. The van der Waals surface area contributed by atoms with Gasteiger partial charge in [0.2, 0.25) is 0 Å². The van der Waals surface area contributed by atoms with Crippen molar-refractivity contribution in [3.05, 3.63) is 23.8 Å². The fraction of sp³-hybridized carbons (Fsp3) is 0.526. The molecule has 0 saturated heterocycles. The van der Waals surface area contributed by atoms with Crippen LogP contribution in [-0.4, -0.2) is 42.1 Å². The van der Waals surface area contributed by atoms with Crippen LogP contribution in [0.5, 0.6) is 0 Å². The van der Waals surface area contributed by atoms with Crippen molar-refractivity contribution < 1.29 is 33.0 Å². The lowest BCUT2D eigenvalue weighted by Gasteiger charge is -2.28. The number of fused-ring (bicyclic) bond motifs is 1. The van der Waals surface area contributed by atoms with Gasteiger partial charge in [0, 0.05) is 11.7 Å². The minimum absolute atomic E-state index is 0.0109. The summed E-state index contributed by atoms with van der Waals surface area (Å²) in [6.07, 6.45) is 2.30. The van der Waals surface area contributed by atoms with Gasteiger partial charge in [-0.25, -0.2) is 0 Å². The molecular formula is C19H22F2N2O5. The van der Waals surface area contributed by atoms with E-state index in [1.54, 1.807) is 13.0 Å². The van der Waals surface area contributed by atoms with E-state index in [4.69, 9.17) is 9.84 Å². The first-order valence-electron chi connectivity index (χ1n) is 9.23. The zero-order chi connectivity index (χ0) is 20.5. The van der Waals surface area contributed by atoms with E-state index in [1.165, 1.54) is 12.1 Å². The van der Waals surface area contributed by atoms with Crippen LogP contribution in [0.4, 0.5) is 20.2 Å². The Bertz CT molecular complexity index is 791. The lowest BCUT2D eigenvalue weighted by molar-refractivity contribution is -0.146. The second-order valence-electron chi connectivity index (χ2n) is 7.03. The number of esters is 1. The van der Waals surface area contributed by atoms with Crippen molar-refractivity contribution in [1.29, 1.82) is 0 Å². The molecule has 9 heteroatoms. The number of amides is 1. The van der Waals surface area contributed by atoms with Gasteiger partial charge in [0.05, 0.1) is 23.8 Å². The standard InChI is InChI=1S/C19H22F2N2O5/c1-2-28-16(24)10-23-15-8-7-13(9-14(15)19(20,21)18(23)27)22-12-5-3-11(4-6-12)17(25)26/h7-9,11-12,22H,2-6,10H2,1H3,(H,25,26). The number of carboxylic acids is 1. The molecule has 2 N–H and O–H groups in total. The number of carboxylic acid groups (broad SMARTS) is 1. The zero-order valence-corrected chi connectivity index (χ0v) is 15.4. The van der Waals surface area contributed by atoms with Crippen LogP contribution in [0.25, 0.3) is 0 Å². The second-order valence-corrected chi connectivity index (χ2v) is 7.03. The van der Waals surface area contributed by atoms with Gasteiger partial charge in [0.1, 0.15) is 6.54 Å². The summed E-state index contributed by atoms with van der Waals surface area (Å²) >= 11 is 0. The van der Waals surface area contributed by atoms with Crippen LogP contribution < -0.4 is 10.2 Å². The van der Waals surface area contributed by atoms with E-state index in [9.17, 15) is 23.2 Å². The fourth-order valence-corrected chi connectivity index (χ4v) is 3.72. The van der Waals surface area contributed by atoms with Gasteiger partial charge >= 0.3 is 23.8 Å². The molecule has 0 bridgehead atoms. The molecule has 1 aliphatic carbocycles. The third kappa shape index (κ3) is 3.79. The van der Waals surface area contributed by atoms with E-state index in [0.717, 1.165) is 4.90 Å². The molecule has 1 aliphatic heterocycles. The third-order valence-corrected chi connectivity index (χ3v) is 5.18. The fourth-order valence-electron chi connectivity index (χ4n) is 3.72. The summed E-state index contributed by atoms with van der Waals surface area (Å²) in [5.41, 5.74) is -0.0304. The summed E-state index contributed by atoms with van der Waals surface area (Å²) in [7, 11) is 0. The molecule has 28 heavy (non-hydrogen) atoms. The normalized spacial score (nSPS) is 23.2. The highest BCUT2D eigenvalue weighted by atomic mass is 19.3. The van der Waals surface area contributed by atoms with Gasteiger partial charge in [0.25, 0.3) is 0 Å². The van der Waals surface area contributed by atoms with E-state index >= 15 is 0 Å². The van der Waals surface area contributed by atoms with Crippen LogP contribution in [0.15, 0.2) is 18.2 Å². The van der Waals surface area contributed by atoms with Crippen molar-refractivity contribution in [3.8, 4) is 0 Å². The van der Waals surface area contributed by atoms with Crippen LogP contribution in [0, 0.1) is 5.92 Å². The molecule has 7 nitrogen and oxygen atoms in total. The number of carbonyl (C=O) groups is 3. The van der Waals surface area contributed by atoms with E-state index in [-0.39, 0.29) is 24.3 Å². The molecule has 1 saturated carbocycles. The number of benzene rings is 1. The van der Waals surface area contributed by atoms with E-state index in [0.29, 0.717) is 31.4 Å². The summed E-state index contributed by atoms with van der Waals surface area (Å²) in [4.78, 5) is 35.5. The van der Waals surface area contributed by atoms with Gasteiger partial charge in [-0.2, -0.15) is 8.78 Å². The predicted molar refractivity (Wildman–Crippen MR) is 96.3 cm³/mol. The summed E-state index contributed by atoms with van der Waals surface area (Å²) in [6.45, 7) is 1.12. The quantitative estimate of drug-likeness (QED) is 0.718. The van der Waals surface area contributed by atoms with Crippen LogP contribution in [0.2, 0.25) is 0 Å². The second kappa shape index (κ2) is 7.73. The molecule has 1 heterocycles. The largest absolute Gasteiger partial charge is 0.481 e. The molecule has 1 fully saturated rings. The molecule has 0 spiro atoms. The number of rotatable bonds is 6. The number of nitrogens with one attached hydrogen (secondary N) is 1. The van der Waals surface area contributed by atoms with Gasteiger partial charge in [-0.15, -0.1) is 0 Å². The minimum Gasteiger partial charge on any atom is -0.481 e. The maximum Gasteiger partial charge on any atom is 0.352 e. The van der Waals surface area contributed by atoms with Crippen molar-refractivity contribution in [2.45, 2.75) is 44.6 Å². The van der Waals surface area contributed by atoms with Crippen molar-refractivity contribution >= 4 is 29.2 Å². The number of carbonyl (C=O) groups excluding carboxylic acids is 2. The summed E-state index contributed by atoms with van der Waals surface area (Å²) in [5.74, 6) is -7.10. The highest BCUT2D eigenvalue weighted by Gasteiger charge is 2.53. The Morgan fingerprint density at radius 2 is 1.96 bits per heavy atom. The maximum absolute atomic E-state index is 14.5. The Balaban J connectivity index is 1.75. The van der Waals surface area contributed by atoms with E-state index in [2.05, 4.69) is 5.32 Å². The number of halogens is 2.